The van der Waals surface area contributed by atoms with Crippen molar-refractivity contribution in [3.05, 3.63) is 12.2 Å². The van der Waals surface area contributed by atoms with Gasteiger partial charge in [0.15, 0.2) is 0 Å². The second kappa shape index (κ2) is 8.66. The highest BCUT2D eigenvalue weighted by atomic mass is 32.2. The van der Waals surface area contributed by atoms with Crippen molar-refractivity contribution in [1.29, 1.82) is 0 Å². The number of alkyl halides is 3. The molecule has 0 aromatic heterocycles. The third-order valence-corrected chi connectivity index (χ3v) is 10.9. The topological polar surface area (TPSA) is 46.2 Å². The number of ketones is 1. The Balaban J connectivity index is 1.32. The van der Waals surface area contributed by atoms with Crippen molar-refractivity contribution in [2.24, 2.45) is 34.5 Å². The molecule has 4 aliphatic carbocycles. The summed E-state index contributed by atoms with van der Waals surface area (Å²) in [6, 6.07) is 0. The van der Waals surface area contributed by atoms with Gasteiger partial charge in [0, 0.05) is 23.6 Å². The van der Waals surface area contributed by atoms with Crippen LogP contribution in [0.15, 0.2) is 12.2 Å². The van der Waals surface area contributed by atoms with Gasteiger partial charge < -0.3 is 5.32 Å². The number of nitrogens with one attached hydrogen (secondary N) is 1. The molecule has 0 spiro atoms. The number of carbonyl (C=O) groups is 2. The van der Waals surface area contributed by atoms with Crippen molar-refractivity contribution in [1.82, 2.24) is 5.32 Å². The zero-order chi connectivity index (χ0) is 23.3. The molecule has 1 amide bonds. The molecule has 7 atom stereocenters. The van der Waals surface area contributed by atoms with Crippen LogP contribution in [0.2, 0.25) is 0 Å². The van der Waals surface area contributed by atoms with Gasteiger partial charge in [0.1, 0.15) is 5.78 Å². The Morgan fingerprint density at radius 1 is 1.19 bits per heavy atom. The summed E-state index contributed by atoms with van der Waals surface area (Å²) in [4.78, 5) is 23.5. The van der Waals surface area contributed by atoms with Gasteiger partial charge in [-0.05, 0) is 86.2 Å². The Hall–Kier alpha value is -0.980. The molecule has 0 radical (unpaired) electrons. The monoisotopic (exact) mass is 471 g/mol. The standard InChI is InChI=1S/C25H36F3NO2S/c1-15-13-17-18-5-6-21(30)24(18,3)10-8-19(17)23(2)9-7-16(14-20(15)23)32-12-4-11-29-22(31)25(26,27)28/h16-20H,1,4-14H2,2-3H3,(H,29,31)/t16?,17-,18-,19-,20+,23+,24-/m0/s1. The van der Waals surface area contributed by atoms with Crippen LogP contribution in [-0.4, -0.2) is 35.4 Å². The molecule has 0 saturated heterocycles. The Kier molecular flexibility index (Phi) is 6.54. The molecule has 32 heavy (non-hydrogen) atoms. The molecule has 0 aliphatic heterocycles. The van der Waals surface area contributed by atoms with Crippen molar-refractivity contribution in [2.75, 3.05) is 12.3 Å². The van der Waals surface area contributed by atoms with Crippen LogP contribution < -0.4 is 5.32 Å². The van der Waals surface area contributed by atoms with E-state index in [0.717, 1.165) is 57.1 Å². The Bertz CT molecular complexity index is 784. The molecular formula is C25H36F3NO2S. The van der Waals surface area contributed by atoms with Crippen LogP contribution in [0.4, 0.5) is 13.2 Å². The summed E-state index contributed by atoms with van der Waals surface area (Å²) >= 11 is 1.84. The van der Waals surface area contributed by atoms with Crippen LogP contribution in [0.25, 0.3) is 0 Å². The molecule has 4 aliphatic rings. The first-order valence-corrected chi connectivity index (χ1v) is 13.2. The van der Waals surface area contributed by atoms with Gasteiger partial charge in [0.2, 0.25) is 0 Å². The Morgan fingerprint density at radius 2 is 1.94 bits per heavy atom. The van der Waals surface area contributed by atoms with E-state index >= 15 is 0 Å². The minimum atomic E-state index is -4.80. The number of thioether (sulfide) groups is 1. The van der Waals surface area contributed by atoms with Gasteiger partial charge in [-0.1, -0.05) is 26.0 Å². The molecule has 1 N–H and O–H groups in total. The first-order valence-electron chi connectivity index (χ1n) is 12.1. The fourth-order valence-electron chi connectivity index (χ4n) is 7.76. The van der Waals surface area contributed by atoms with Crippen LogP contribution >= 0.6 is 11.8 Å². The molecule has 0 aromatic carbocycles. The zero-order valence-corrected chi connectivity index (χ0v) is 20.0. The molecule has 180 valence electrons. The lowest BCUT2D eigenvalue weighted by molar-refractivity contribution is -0.173. The van der Waals surface area contributed by atoms with Gasteiger partial charge in [-0.25, -0.2) is 0 Å². The molecule has 4 rings (SSSR count). The third kappa shape index (κ3) is 4.16. The normalized spacial score (nSPS) is 41.6. The van der Waals surface area contributed by atoms with Crippen molar-refractivity contribution >= 4 is 23.5 Å². The summed E-state index contributed by atoms with van der Waals surface area (Å²) in [5.41, 5.74) is 1.50. The molecule has 0 aromatic rings. The molecule has 4 saturated carbocycles. The molecule has 0 bridgehead atoms. The minimum absolute atomic E-state index is 0.0640. The van der Waals surface area contributed by atoms with E-state index < -0.39 is 12.1 Å². The van der Waals surface area contributed by atoms with E-state index in [1.165, 1.54) is 5.57 Å². The summed E-state index contributed by atoms with van der Waals surface area (Å²) in [5, 5.41) is 2.46. The van der Waals surface area contributed by atoms with Gasteiger partial charge in [0.05, 0.1) is 0 Å². The summed E-state index contributed by atoms with van der Waals surface area (Å²) < 4.78 is 36.8. The van der Waals surface area contributed by atoms with Gasteiger partial charge in [-0.3, -0.25) is 9.59 Å². The lowest BCUT2D eigenvalue weighted by Crippen LogP contribution is -2.54. The van der Waals surface area contributed by atoms with E-state index in [0.29, 0.717) is 41.1 Å². The largest absolute Gasteiger partial charge is 0.471 e. The maximum atomic E-state index is 12.6. The number of hydrogen-bond donors (Lipinski definition) is 1. The highest BCUT2D eigenvalue weighted by Crippen LogP contribution is 2.66. The first kappa shape index (κ1) is 24.2. The number of hydrogen-bond acceptors (Lipinski definition) is 3. The predicted octanol–water partition coefficient (Wildman–Crippen LogP) is 5.93. The summed E-state index contributed by atoms with van der Waals surface area (Å²) in [6.45, 7) is 9.27. The maximum absolute atomic E-state index is 12.6. The van der Waals surface area contributed by atoms with Gasteiger partial charge >= 0.3 is 12.1 Å². The second-order valence-electron chi connectivity index (χ2n) is 11.1. The van der Waals surface area contributed by atoms with Crippen molar-refractivity contribution in [2.45, 2.75) is 83.1 Å². The van der Waals surface area contributed by atoms with E-state index in [1.54, 1.807) is 0 Å². The van der Waals surface area contributed by atoms with Crippen LogP contribution in [0, 0.1) is 34.5 Å². The van der Waals surface area contributed by atoms with Crippen LogP contribution in [0.1, 0.15) is 71.6 Å². The predicted molar refractivity (Wildman–Crippen MR) is 121 cm³/mol. The smallest absolute Gasteiger partial charge is 0.348 e. The van der Waals surface area contributed by atoms with E-state index in [2.05, 4.69) is 20.4 Å². The SMILES string of the molecule is C=C1C[C@@H]2[C@H](CC[C@]3(C)C(=O)CC[C@@H]23)[C@@]2(C)CCC(SCCCNC(=O)C(F)(F)F)C[C@H]12. The zero-order valence-electron chi connectivity index (χ0n) is 19.2. The van der Waals surface area contributed by atoms with Gasteiger partial charge in [0.25, 0.3) is 0 Å². The minimum Gasteiger partial charge on any atom is -0.348 e. The molecule has 0 heterocycles. The van der Waals surface area contributed by atoms with Crippen molar-refractivity contribution < 1.29 is 22.8 Å². The number of Topliss-reactive ketones (excluding diaryl/α,β-unsaturated/α-hetero) is 1. The fraction of sp³-hybridized carbons (Fsp3) is 0.840. The number of allylic oxidation sites excluding steroid dienone is 1. The van der Waals surface area contributed by atoms with Crippen LogP contribution in [0.5, 0.6) is 0 Å². The third-order valence-electron chi connectivity index (χ3n) is 9.50. The molecule has 4 fully saturated rings. The van der Waals surface area contributed by atoms with E-state index in [4.69, 9.17) is 0 Å². The fourth-order valence-corrected chi connectivity index (χ4v) is 9.01. The van der Waals surface area contributed by atoms with E-state index in [-0.39, 0.29) is 17.4 Å². The summed E-state index contributed by atoms with van der Waals surface area (Å²) in [7, 11) is 0. The van der Waals surface area contributed by atoms with Gasteiger partial charge in [-0.15, -0.1) is 0 Å². The second-order valence-corrected chi connectivity index (χ2v) is 12.5. The number of fused-ring (bicyclic) bond motifs is 5. The Morgan fingerprint density at radius 3 is 2.66 bits per heavy atom. The van der Waals surface area contributed by atoms with E-state index in [1.807, 2.05) is 17.1 Å². The molecular weight excluding hydrogens is 435 g/mol. The van der Waals surface area contributed by atoms with Crippen molar-refractivity contribution in [3.8, 4) is 0 Å². The van der Waals surface area contributed by atoms with Gasteiger partial charge in [-0.2, -0.15) is 24.9 Å². The lowest BCUT2D eigenvalue weighted by atomic mass is 9.44. The molecule has 3 nitrogen and oxygen atoms in total. The average molecular weight is 472 g/mol. The number of halogens is 3. The number of rotatable bonds is 5. The molecule has 1 unspecified atom stereocenters. The lowest BCUT2D eigenvalue weighted by Gasteiger charge is -2.61. The quantitative estimate of drug-likeness (QED) is 0.399. The molecule has 7 heteroatoms. The highest BCUT2D eigenvalue weighted by Gasteiger charge is 2.60. The Labute approximate surface area is 193 Å². The maximum Gasteiger partial charge on any atom is 0.471 e. The van der Waals surface area contributed by atoms with Crippen LogP contribution in [-0.2, 0) is 9.59 Å². The average Bonchev–Trinajstić information content (AvgIpc) is 3.02. The summed E-state index contributed by atoms with van der Waals surface area (Å²) in [6.07, 6.45) is 4.18. The number of carbonyl (C=O) groups excluding carboxylic acids is 2. The number of amides is 1. The first-order chi connectivity index (χ1) is 15.0. The highest BCUT2D eigenvalue weighted by molar-refractivity contribution is 7.99. The van der Waals surface area contributed by atoms with E-state index in [9.17, 15) is 22.8 Å². The van der Waals surface area contributed by atoms with Crippen LogP contribution in [0.3, 0.4) is 0 Å². The summed E-state index contributed by atoms with van der Waals surface area (Å²) in [5.74, 6) is 1.67. The van der Waals surface area contributed by atoms with Crippen molar-refractivity contribution in [3.63, 3.8) is 0 Å².